The Balaban J connectivity index is 2.06. The summed E-state index contributed by atoms with van der Waals surface area (Å²) in [4.78, 5) is 16.5. The molecule has 0 radical (unpaired) electrons. The minimum atomic E-state index is -1.09. The van der Waals surface area contributed by atoms with Gasteiger partial charge in [-0.2, -0.15) is 5.26 Å². The van der Waals surface area contributed by atoms with Crippen molar-refractivity contribution in [1.82, 2.24) is 9.55 Å². The highest BCUT2D eigenvalue weighted by Gasteiger charge is 2.31. The summed E-state index contributed by atoms with van der Waals surface area (Å²) in [5, 5.41) is 29.3. The van der Waals surface area contributed by atoms with Crippen molar-refractivity contribution in [3.05, 3.63) is 77.4 Å². The van der Waals surface area contributed by atoms with Crippen LogP contribution in [0, 0.1) is 11.3 Å². The first-order valence-electron chi connectivity index (χ1n) is 10.4. The van der Waals surface area contributed by atoms with Crippen molar-refractivity contribution in [3.8, 4) is 17.2 Å². The van der Waals surface area contributed by atoms with Crippen LogP contribution < -0.4 is 0 Å². The second kappa shape index (κ2) is 9.59. The molecule has 0 spiro atoms. The number of unbranched alkanes of at least 4 members (excludes halogenated alkanes) is 1. The number of nitrogens with zero attached hydrogens (tertiary/aromatic N) is 3. The van der Waals surface area contributed by atoms with Crippen molar-refractivity contribution in [2.75, 3.05) is 6.61 Å². The Morgan fingerprint density at radius 2 is 1.97 bits per heavy atom. The maximum Gasteiger partial charge on any atom is 0.336 e. The van der Waals surface area contributed by atoms with E-state index in [0.717, 1.165) is 36.2 Å². The fourth-order valence-corrected chi connectivity index (χ4v) is 3.66. The maximum atomic E-state index is 12.0. The number of hydrogen-bond donors (Lipinski definition) is 2. The average molecular weight is 418 g/mol. The third-order valence-corrected chi connectivity index (χ3v) is 5.56. The van der Waals surface area contributed by atoms with E-state index in [1.807, 2.05) is 47.0 Å². The molecular weight excluding hydrogens is 390 g/mol. The molecule has 1 heterocycles. The summed E-state index contributed by atoms with van der Waals surface area (Å²) >= 11 is 0. The predicted molar refractivity (Wildman–Crippen MR) is 119 cm³/mol. The summed E-state index contributed by atoms with van der Waals surface area (Å²) in [7, 11) is 0. The number of aliphatic hydroxyl groups is 1. The molecule has 31 heavy (non-hydrogen) atoms. The van der Waals surface area contributed by atoms with Gasteiger partial charge in [0.1, 0.15) is 11.2 Å². The van der Waals surface area contributed by atoms with Crippen molar-refractivity contribution in [2.24, 2.45) is 0 Å². The second-order valence-electron chi connectivity index (χ2n) is 7.90. The fourth-order valence-electron chi connectivity index (χ4n) is 3.66. The van der Waals surface area contributed by atoms with E-state index in [1.54, 1.807) is 19.2 Å². The molecule has 0 fully saturated rings. The quantitative estimate of drug-likeness (QED) is 0.537. The van der Waals surface area contributed by atoms with Gasteiger partial charge in [0.25, 0.3) is 0 Å². The molecule has 2 N–H and O–H groups in total. The van der Waals surface area contributed by atoms with Crippen molar-refractivity contribution in [3.63, 3.8) is 0 Å². The highest BCUT2D eigenvalue weighted by atomic mass is 16.4. The van der Waals surface area contributed by atoms with Crippen LogP contribution in [-0.4, -0.2) is 32.3 Å². The summed E-state index contributed by atoms with van der Waals surface area (Å²) in [6, 6.07) is 17.0. The summed E-state index contributed by atoms with van der Waals surface area (Å²) in [6.07, 6.45) is 4.36. The summed E-state index contributed by atoms with van der Waals surface area (Å²) in [5.74, 6) is -0.161. The smallest absolute Gasteiger partial charge is 0.336 e. The van der Waals surface area contributed by atoms with E-state index in [0.29, 0.717) is 17.8 Å². The van der Waals surface area contributed by atoms with Gasteiger partial charge in [0.2, 0.25) is 0 Å². The lowest BCUT2D eigenvalue weighted by atomic mass is 9.89. The van der Waals surface area contributed by atoms with Gasteiger partial charge in [0, 0.05) is 13.0 Å². The van der Waals surface area contributed by atoms with Gasteiger partial charge in [-0.25, -0.2) is 9.78 Å². The molecule has 3 rings (SSSR count). The molecule has 0 saturated heterocycles. The molecule has 1 aromatic heterocycles. The standard InChI is InChI=1S/C25H27N3O3/c1-3-4-10-23-27-14-22(25(2,16-26)17-29)28(23)15-18-11-12-20(21(13-18)24(30)31)19-8-6-5-7-9-19/h5-9,11-14,29H,3-4,10,15,17H2,1-2H3,(H,30,31). The molecule has 160 valence electrons. The van der Waals surface area contributed by atoms with Crippen LogP contribution in [0.3, 0.4) is 0 Å². The predicted octanol–water partition coefficient (Wildman–Crippen LogP) is 4.41. The van der Waals surface area contributed by atoms with Crippen LogP contribution in [0.4, 0.5) is 0 Å². The number of imidazole rings is 1. The molecule has 0 bridgehead atoms. The normalized spacial score (nSPS) is 12.8. The topological polar surface area (TPSA) is 99.1 Å². The maximum absolute atomic E-state index is 12.0. The van der Waals surface area contributed by atoms with Gasteiger partial charge in [-0.05, 0) is 36.1 Å². The number of rotatable bonds is 9. The van der Waals surface area contributed by atoms with Gasteiger partial charge in [0.15, 0.2) is 0 Å². The Bertz CT molecular complexity index is 1100. The number of aliphatic hydroxyl groups excluding tert-OH is 1. The highest BCUT2D eigenvalue weighted by molar-refractivity contribution is 5.96. The van der Waals surface area contributed by atoms with Gasteiger partial charge in [-0.1, -0.05) is 55.8 Å². The van der Waals surface area contributed by atoms with Crippen molar-refractivity contribution < 1.29 is 15.0 Å². The van der Waals surface area contributed by atoms with Crippen molar-refractivity contribution >= 4 is 5.97 Å². The number of benzene rings is 2. The first-order chi connectivity index (χ1) is 14.9. The Morgan fingerprint density at radius 3 is 2.58 bits per heavy atom. The molecule has 1 unspecified atom stereocenters. The van der Waals surface area contributed by atoms with E-state index in [-0.39, 0.29) is 12.2 Å². The first kappa shape index (κ1) is 22.3. The SMILES string of the molecule is CCCCc1ncc(C(C)(C#N)CO)n1Cc1ccc(-c2ccccc2)c(C(=O)O)c1. The first-order valence-corrected chi connectivity index (χ1v) is 10.4. The zero-order valence-corrected chi connectivity index (χ0v) is 17.9. The van der Waals surface area contributed by atoms with Crippen LogP contribution in [-0.2, 0) is 18.4 Å². The van der Waals surface area contributed by atoms with E-state index in [2.05, 4.69) is 18.0 Å². The number of aromatic nitrogens is 2. The molecule has 0 aliphatic rings. The Kier molecular flexibility index (Phi) is 6.88. The molecular formula is C25H27N3O3. The summed E-state index contributed by atoms with van der Waals surface area (Å²) in [5.41, 5.74) is 2.07. The fraction of sp³-hybridized carbons (Fsp3) is 0.320. The van der Waals surface area contributed by atoms with Crippen LogP contribution in [0.25, 0.3) is 11.1 Å². The number of nitriles is 1. The van der Waals surface area contributed by atoms with E-state index in [9.17, 15) is 20.3 Å². The number of carboxylic acid groups (broad SMARTS) is 1. The largest absolute Gasteiger partial charge is 0.478 e. The lowest BCUT2D eigenvalue weighted by Gasteiger charge is -2.22. The van der Waals surface area contributed by atoms with Crippen LogP contribution in [0.15, 0.2) is 54.7 Å². The number of carboxylic acids is 1. The highest BCUT2D eigenvalue weighted by Crippen LogP contribution is 2.28. The number of hydrogen-bond acceptors (Lipinski definition) is 4. The number of aryl methyl sites for hydroxylation is 1. The van der Waals surface area contributed by atoms with Crippen LogP contribution >= 0.6 is 0 Å². The third-order valence-electron chi connectivity index (χ3n) is 5.56. The van der Waals surface area contributed by atoms with E-state index < -0.39 is 11.4 Å². The molecule has 3 aromatic rings. The monoisotopic (exact) mass is 417 g/mol. The average Bonchev–Trinajstić information content (AvgIpc) is 3.20. The molecule has 2 aromatic carbocycles. The van der Waals surface area contributed by atoms with E-state index in [1.165, 1.54) is 0 Å². The van der Waals surface area contributed by atoms with Crippen LogP contribution in [0.1, 0.15) is 54.1 Å². The zero-order chi connectivity index (χ0) is 22.4. The van der Waals surface area contributed by atoms with Gasteiger partial charge in [-0.3, -0.25) is 0 Å². The Hall–Kier alpha value is -3.43. The minimum Gasteiger partial charge on any atom is -0.478 e. The van der Waals surface area contributed by atoms with E-state index >= 15 is 0 Å². The van der Waals surface area contributed by atoms with E-state index in [4.69, 9.17) is 0 Å². The molecule has 0 amide bonds. The number of aromatic carboxylic acids is 1. The molecule has 0 aliphatic heterocycles. The van der Waals surface area contributed by atoms with Crippen LogP contribution in [0.5, 0.6) is 0 Å². The lowest BCUT2D eigenvalue weighted by molar-refractivity contribution is 0.0697. The number of carbonyl (C=O) groups is 1. The van der Waals surface area contributed by atoms with Crippen LogP contribution in [0.2, 0.25) is 0 Å². The van der Waals surface area contributed by atoms with Gasteiger partial charge < -0.3 is 14.8 Å². The molecule has 0 saturated carbocycles. The Morgan fingerprint density at radius 1 is 1.23 bits per heavy atom. The van der Waals surface area contributed by atoms with Crippen molar-refractivity contribution in [2.45, 2.75) is 45.1 Å². The molecule has 6 nitrogen and oxygen atoms in total. The molecule has 1 atom stereocenters. The molecule has 0 aliphatic carbocycles. The summed E-state index contributed by atoms with van der Waals surface area (Å²) in [6.45, 7) is 3.84. The van der Waals surface area contributed by atoms with Crippen molar-refractivity contribution in [1.29, 1.82) is 5.26 Å². The van der Waals surface area contributed by atoms with Gasteiger partial charge in [0.05, 0.1) is 30.1 Å². The lowest BCUT2D eigenvalue weighted by Crippen LogP contribution is -2.28. The molecule has 6 heteroatoms. The zero-order valence-electron chi connectivity index (χ0n) is 17.9. The third kappa shape index (κ3) is 4.68. The summed E-state index contributed by atoms with van der Waals surface area (Å²) < 4.78 is 1.94. The van der Waals surface area contributed by atoms with Gasteiger partial charge in [-0.15, -0.1) is 0 Å². The van der Waals surface area contributed by atoms with Gasteiger partial charge >= 0.3 is 5.97 Å². The Labute approximate surface area is 182 Å². The minimum absolute atomic E-state index is 0.227. The second-order valence-corrected chi connectivity index (χ2v) is 7.90.